The lowest BCUT2D eigenvalue weighted by Crippen LogP contribution is -2.43. The lowest BCUT2D eigenvalue weighted by Gasteiger charge is -2.24. The molecule has 0 aliphatic heterocycles. The van der Waals surface area contributed by atoms with Gasteiger partial charge in [0.25, 0.3) is 0 Å². The second-order valence-electron chi connectivity index (χ2n) is 5.29. The van der Waals surface area contributed by atoms with Gasteiger partial charge in [0.1, 0.15) is 11.9 Å². The van der Waals surface area contributed by atoms with Crippen LogP contribution < -0.4 is 11.1 Å². The highest BCUT2D eigenvalue weighted by atomic mass is 16.5. The SMILES string of the molecule is COC(=O)c1ncn(C(C)C(=O)NC(C)(C)C)c1N. The summed E-state index contributed by atoms with van der Waals surface area (Å²) in [6.45, 7) is 7.33. The molecular formula is C12H20N4O3. The molecule has 0 bridgehead atoms. The van der Waals surface area contributed by atoms with Gasteiger partial charge in [-0.25, -0.2) is 9.78 Å². The molecule has 1 amide bonds. The monoisotopic (exact) mass is 268 g/mol. The van der Waals surface area contributed by atoms with Crippen LogP contribution in [0.3, 0.4) is 0 Å². The van der Waals surface area contributed by atoms with Crippen molar-refractivity contribution >= 4 is 17.7 Å². The molecule has 106 valence electrons. The van der Waals surface area contributed by atoms with Gasteiger partial charge in [0.2, 0.25) is 5.91 Å². The standard InChI is InChI=1S/C12H20N4O3/c1-7(10(17)15-12(2,3)4)16-6-14-8(9(16)13)11(18)19-5/h6-7H,13H2,1-5H3,(H,15,17). The third kappa shape index (κ3) is 3.46. The fourth-order valence-corrected chi connectivity index (χ4v) is 1.53. The second-order valence-corrected chi connectivity index (χ2v) is 5.29. The smallest absolute Gasteiger partial charge is 0.360 e. The number of aromatic nitrogens is 2. The number of hydrogen-bond donors (Lipinski definition) is 2. The first-order chi connectivity index (χ1) is 8.67. The van der Waals surface area contributed by atoms with Gasteiger partial charge in [-0.05, 0) is 27.7 Å². The van der Waals surface area contributed by atoms with Crippen LogP contribution in [0.15, 0.2) is 6.33 Å². The molecule has 1 unspecified atom stereocenters. The number of anilines is 1. The Hall–Kier alpha value is -2.05. The van der Waals surface area contributed by atoms with Gasteiger partial charge in [-0.15, -0.1) is 0 Å². The first-order valence-electron chi connectivity index (χ1n) is 5.90. The van der Waals surface area contributed by atoms with Crippen molar-refractivity contribution in [2.45, 2.75) is 39.3 Å². The number of hydrogen-bond acceptors (Lipinski definition) is 5. The average Bonchev–Trinajstić information content (AvgIpc) is 2.67. The third-order valence-corrected chi connectivity index (χ3v) is 2.51. The van der Waals surface area contributed by atoms with Crippen LogP contribution in [0.1, 0.15) is 44.2 Å². The number of nitrogens with zero attached hydrogens (tertiary/aromatic N) is 2. The molecule has 7 heteroatoms. The van der Waals surface area contributed by atoms with E-state index in [1.54, 1.807) is 6.92 Å². The van der Waals surface area contributed by atoms with Crippen molar-refractivity contribution in [2.75, 3.05) is 12.8 Å². The van der Waals surface area contributed by atoms with Crippen molar-refractivity contribution in [1.82, 2.24) is 14.9 Å². The number of amides is 1. The van der Waals surface area contributed by atoms with Crippen LogP contribution in [0.4, 0.5) is 5.82 Å². The van der Waals surface area contributed by atoms with Gasteiger partial charge in [-0.2, -0.15) is 0 Å². The number of rotatable bonds is 3. The Bertz CT molecular complexity index is 488. The van der Waals surface area contributed by atoms with Crippen molar-refractivity contribution in [1.29, 1.82) is 0 Å². The highest BCUT2D eigenvalue weighted by Gasteiger charge is 2.24. The summed E-state index contributed by atoms with van der Waals surface area (Å²) in [4.78, 5) is 27.3. The number of imidazole rings is 1. The molecule has 1 heterocycles. The van der Waals surface area contributed by atoms with Gasteiger partial charge in [-0.3, -0.25) is 4.79 Å². The molecule has 1 aromatic rings. The Labute approximate surface area is 112 Å². The summed E-state index contributed by atoms with van der Waals surface area (Å²) in [5, 5.41) is 2.84. The Morgan fingerprint density at radius 2 is 2.05 bits per heavy atom. The van der Waals surface area contributed by atoms with Gasteiger partial charge in [0, 0.05) is 5.54 Å². The zero-order chi connectivity index (χ0) is 14.8. The minimum Gasteiger partial charge on any atom is -0.464 e. The molecule has 7 nitrogen and oxygen atoms in total. The van der Waals surface area contributed by atoms with E-state index in [4.69, 9.17) is 5.73 Å². The molecule has 0 aliphatic rings. The fourth-order valence-electron chi connectivity index (χ4n) is 1.53. The van der Waals surface area contributed by atoms with E-state index in [2.05, 4.69) is 15.0 Å². The number of nitrogen functional groups attached to an aromatic ring is 1. The van der Waals surface area contributed by atoms with Crippen LogP contribution in [0.2, 0.25) is 0 Å². The molecule has 0 saturated carbocycles. The van der Waals surface area contributed by atoms with Gasteiger partial charge < -0.3 is 20.4 Å². The summed E-state index contributed by atoms with van der Waals surface area (Å²) in [5.41, 5.74) is 5.47. The summed E-state index contributed by atoms with van der Waals surface area (Å²) in [7, 11) is 1.25. The van der Waals surface area contributed by atoms with E-state index in [-0.39, 0.29) is 23.0 Å². The third-order valence-electron chi connectivity index (χ3n) is 2.51. The van der Waals surface area contributed by atoms with E-state index in [1.165, 1.54) is 18.0 Å². The summed E-state index contributed by atoms with van der Waals surface area (Å²) < 4.78 is 5.99. The van der Waals surface area contributed by atoms with Crippen molar-refractivity contribution in [3.05, 3.63) is 12.0 Å². The summed E-state index contributed by atoms with van der Waals surface area (Å²) in [6.07, 6.45) is 1.36. The second kappa shape index (κ2) is 5.29. The average molecular weight is 268 g/mol. The molecule has 0 aromatic carbocycles. The van der Waals surface area contributed by atoms with Crippen molar-refractivity contribution in [3.8, 4) is 0 Å². The molecule has 1 aromatic heterocycles. The van der Waals surface area contributed by atoms with Gasteiger partial charge in [0.05, 0.1) is 13.4 Å². The van der Waals surface area contributed by atoms with E-state index >= 15 is 0 Å². The molecular weight excluding hydrogens is 248 g/mol. The van der Waals surface area contributed by atoms with Crippen molar-refractivity contribution < 1.29 is 14.3 Å². The fraction of sp³-hybridized carbons (Fsp3) is 0.583. The molecule has 0 aliphatic carbocycles. The van der Waals surface area contributed by atoms with Crippen LogP contribution in [0, 0.1) is 0 Å². The number of carbonyl (C=O) groups excluding carboxylic acids is 2. The summed E-state index contributed by atoms with van der Waals surface area (Å²) in [6, 6.07) is -0.565. The Morgan fingerprint density at radius 1 is 1.47 bits per heavy atom. The maximum Gasteiger partial charge on any atom is 0.360 e. The molecule has 0 fully saturated rings. The first kappa shape index (κ1) is 15.0. The Balaban J connectivity index is 2.95. The number of nitrogens with one attached hydrogen (secondary N) is 1. The minimum atomic E-state index is -0.625. The van der Waals surface area contributed by atoms with Crippen LogP contribution >= 0.6 is 0 Å². The zero-order valence-electron chi connectivity index (χ0n) is 11.9. The van der Waals surface area contributed by atoms with Crippen LogP contribution in [-0.4, -0.2) is 34.1 Å². The number of nitrogens with two attached hydrogens (primary N) is 1. The highest BCUT2D eigenvalue weighted by molar-refractivity contribution is 5.92. The molecule has 0 saturated heterocycles. The number of esters is 1. The Morgan fingerprint density at radius 3 is 2.53 bits per heavy atom. The van der Waals surface area contributed by atoms with Gasteiger partial charge in [0.15, 0.2) is 5.69 Å². The topological polar surface area (TPSA) is 99.2 Å². The summed E-state index contributed by atoms with van der Waals surface area (Å²) >= 11 is 0. The van der Waals surface area contributed by atoms with Crippen LogP contribution in [-0.2, 0) is 9.53 Å². The molecule has 0 radical (unpaired) electrons. The van der Waals surface area contributed by atoms with E-state index in [1.807, 2.05) is 20.8 Å². The molecule has 1 rings (SSSR count). The molecule has 0 spiro atoms. The number of ether oxygens (including phenoxy) is 1. The maximum atomic E-state index is 12.0. The van der Waals surface area contributed by atoms with Crippen molar-refractivity contribution in [2.24, 2.45) is 0 Å². The predicted molar refractivity (Wildman–Crippen MR) is 70.6 cm³/mol. The Kier molecular flexibility index (Phi) is 4.18. The molecule has 19 heavy (non-hydrogen) atoms. The summed E-state index contributed by atoms with van der Waals surface area (Å²) in [5.74, 6) is -0.712. The molecule has 3 N–H and O–H groups in total. The van der Waals surface area contributed by atoms with E-state index in [0.29, 0.717) is 0 Å². The normalized spacial score (nSPS) is 12.9. The molecule has 1 atom stereocenters. The quantitative estimate of drug-likeness (QED) is 0.787. The predicted octanol–water partition coefficient (Wildman–Crippen LogP) is 0.728. The lowest BCUT2D eigenvalue weighted by molar-refractivity contribution is -0.125. The van der Waals surface area contributed by atoms with Crippen LogP contribution in [0.25, 0.3) is 0 Å². The van der Waals surface area contributed by atoms with Crippen LogP contribution in [0.5, 0.6) is 0 Å². The van der Waals surface area contributed by atoms with E-state index in [0.717, 1.165) is 0 Å². The van der Waals surface area contributed by atoms with E-state index < -0.39 is 12.0 Å². The number of carbonyl (C=O) groups is 2. The number of methoxy groups -OCH3 is 1. The van der Waals surface area contributed by atoms with E-state index in [9.17, 15) is 9.59 Å². The first-order valence-corrected chi connectivity index (χ1v) is 5.90. The maximum absolute atomic E-state index is 12.0. The largest absolute Gasteiger partial charge is 0.464 e. The van der Waals surface area contributed by atoms with Gasteiger partial charge in [-0.1, -0.05) is 0 Å². The van der Waals surface area contributed by atoms with Gasteiger partial charge >= 0.3 is 5.97 Å². The van der Waals surface area contributed by atoms with Crippen molar-refractivity contribution in [3.63, 3.8) is 0 Å². The highest BCUT2D eigenvalue weighted by Crippen LogP contribution is 2.18. The zero-order valence-corrected chi connectivity index (χ0v) is 11.9. The minimum absolute atomic E-state index is 0.0120. The lowest BCUT2D eigenvalue weighted by atomic mass is 10.1.